The van der Waals surface area contributed by atoms with E-state index in [-0.39, 0.29) is 17.4 Å². The average Bonchev–Trinajstić information content (AvgIpc) is 3.40. The maximum Gasteiger partial charge on any atom is 0.272 e. The molecule has 0 bridgehead atoms. The van der Waals surface area contributed by atoms with Crippen LogP contribution >= 0.6 is 23.4 Å². The highest BCUT2D eigenvalue weighted by molar-refractivity contribution is 8.00. The van der Waals surface area contributed by atoms with Crippen molar-refractivity contribution in [1.82, 2.24) is 9.88 Å². The maximum atomic E-state index is 13.4. The Morgan fingerprint density at radius 1 is 0.745 bits per heavy atom. The molecule has 6 aromatic rings. The smallest absolute Gasteiger partial charge is 0.272 e. The van der Waals surface area contributed by atoms with E-state index in [2.05, 4.69) is 39.6 Å². The first kappa shape index (κ1) is 31.7. The number of fused-ring (bicyclic) bond motifs is 3. The van der Waals surface area contributed by atoms with Gasteiger partial charge >= 0.3 is 0 Å². The summed E-state index contributed by atoms with van der Waals surface area (Å²) in [6.45, 7) is 2.98. The Kier molecular flexibility index (Phi) is 9.71. The van der Waals surface area contributed by atoms with Crippen molar-refractivity contribution in [2.45, 2.75) is 18.4 Å². The van der Waals surface area contributed by atoms with Crippen molar-refractivity contribution >= 4 is 80.3 Å². The topological polar surface area (TPSA) is 92.2 Å². The van der Waals surface area contributed by atoms with Crippen LogP contribution in [0.1, 0.15) is 22.8 Å². The van der Waals surface area contributed by atoms with Gasteiger partial charge in [0, 0.05) is 55.2 Å². The van der Waals surface area contributed by atoms with E-state index in [1.165, 1.54) is 17.3 Å². The molecule has 5 aromatic carbocycles. The molecule has 9 heteroatoms. The average molecular weight is 659 g/mol. The number of hydrogen-bond acceptors (Lipinski definition) is 4. The zero-order valence-corrected chi connectivity index (χ0v) is 27.1. The SMILES string of the molecule is CCn1c2ccccc2c2cc(NC(=O)CSc3cccc(NC(=O)/C(=C/c4cccc(Cl)c4)NC(=O)c4ccccc4)c3)ccc21. The summed E-state index contributed by atoms with van der Waals surface area (Å²) in [6.07, 6.45) is 1.57. The normalized spacial score (nSPS) is 11.4. The van der Waals surface area contributed by atoms with Gasteiger partial charge in [-0.1, -0.05) is 66.2 Å². The molecule has 0 saturated carbocycles. The largest absolute Gasteiger partial charge is 0.341 e. The van der Waals surface area contributed by atoms with Crippen LogP contribution in [0, 0.1) is 0 Å². The maximum absolute atomic E-state index is 13.4. The number of thioether (sulfide) groups is 1. The lowest BCUT2D eigenvalue weighted by Gasteiger charge is -2.12. The van der Waals surface area contributed by atoms with Crippen molar-refractivity contribution in [1.29, 1.82) is 0 Å². The molecule has 0 atom stereocenters. The van der Waals surface area contributed by atoms with Crippen LogP contribution in [0.3, 0.4) is 0 Å². The third-order valence-corrected chi connectivity index (χ3v) is 8.75. The number of carbonyl (C=O) groups is 3. The number of anilines is 2. The van der Waals surface area contributed by atoms with Crippen LogP contribution in [0.5, 0.6) is 0 Å². The van der Waals surface area contributed by atoms with E-state index in [1.807, 2.05) is 42.5 Å². The van der Waals surface area contributed by atoms with Gasteiger partial charge in [-0.3, -0.25) is 14.4 Å². The monoisotopic (exact) mass is 658 g/mol. The van der Waals surface area contributed by atoms with Crippen molar-refractivity contribution in [2.24, 2.45) is 0 Å². The first-order chi connectivity index (χ1) is 22.9. The van der Waals surface area contributed by atoms with Gasteiger partial charge in [0.05, 0.1) is 5.75 Å². The number of benzene rings is 5. The molecule has 1 heterocycles. The molecule has 3 amide bonds. The van der Waals surface area contributed by atoms with Crippen LogP contribution < -0.4 is 16.0 Å². The van der Waals surface area contributed by atoms with Crippen LogP contribution in [-0.4, -0.2) is 28.0 Å². The quantitative estimate of drug-likeness (QED) is 0.102. The van der Waals surface area contributed by atoms with Crippen LogP contribution in [0.4, 0.5) is 11.4 Å². The Balaban J connectivity index is 1.13. The molecule has 0 fully saturated rings. The van der Waals surface area contributed by atoms with Gasteiger partial charge in [-0.2, -0.15) is 0 Å². The lowest BCUT2D eigenvalue weighted by Crippen LogP contribution is -2.30. The number of rotatable bonds is 10. The molecule has 0 radical (unpaired) electrons. The molecule has 0 unspecified atom stereocenters. The molecule has 7 nitrogen and oxygen atoms in total. The van der Waals surface area contributed by atoms with E-state index in [4.69, 9.17) is 11.6 Å². The van der Waals surface area contributed by atoms with Crippen molar-refractivity contribution in [2.75, 3.05) is 16.4 Å². The molecule has 6 rings (SSSR count). The molecule has 0 aliphatic heterocycles. The summed E-state index contributed by atoms with van der Waals surface area (Å²) in [5, 5.41) is 11.4. The number of hydrogen-bond donors (Lipinski definition) is 3. The number of nitrogens with one attached hydrogen (secondary N) is 3. The Hall–Kier alpha value is -5.31. The molecular weight excluding hydrogens is 628 g/mol. The zero-order chi connectivity index (χ0) is 32.8. The molecule has 0 aliphatic carbocycles. The van der Waals surface area contributed by atoms with Gasteiger partial charge in [-0.25, -0.2) is 0 Å². The van der Waals surface area contributed by atoms with Crippen molar-refractivity contribution < 1.29 is 14.4 Å². The lowest BCUT2D eigenvalue weighted by atomic mass is 10.1. The second-order valence-electron chi connectivity index (χ2n) is 10.7. The Morgan fingerprint density at radius 3 is 2.30 bits per heavy atom. The Labute approximate surface area is 281 Å². The van der Waals surface area contributed by atoms with Crippen LogP contribution in [-0.2, 0) is 16.1 Å². The standard InChI is InChI=1S/C38H31ClN4O3S/c1-2-43-34-17-7-6-16-31(34)32-23-29(18-19-35(32)43)40-36(44)24-47-30-15-9-14-28(22-30)41-38(46)33(21-25-10-8-13-27(39)20-25)42-37(45)26-11-4-3-5-12-26/h3-23H,2,24H2,1H3,(H,40,44)(H,41,46)(H,42,45)/b33-21-. The first-order valence-electron chi connectivity index (χ1n) is 15.1. The number of halogens is 1. The molecule has 0 saturated heterocycles. The molecule has 234 valence electrons. The fourth-order valence-electron chi connectivity index (χ4n) is 5.39. The van der Waals surface area contributed by atoms with Crippen LogP contribution in [0.25, 0.3) is 27.9 Å². The summed E-state index contributed by atoms with van der Waals surface area (Å²) in [5.74, 6) is -0.883. The molecular formula is C38H31ClN4O3S. The van der Waals surface area contributed by atoms with E-state index < -0.39 is 11.8 Å². The second kappa shape index (κ2) is 14.4. The number of carbonyl (C=O) groups excluding carboxylic acids is 3. The fraction of sp³-hybridized carbons (Fsp3) is 0.0789. The molecule has 47 heavy (non-hydrogen) atoms. The third kappa shape index (κ3) is 7.57. The fourth-order valence-corrected chi connectivity index (χ4v) is 6.34. The Bertz CT molecular complexity index is 2140. The number of aromatic nitrogens is 1. The molecule has 0 aliphatic rings. The van der Waals surface area contributed by atoms with Gasteiger partial charge in [0.2, 0.25) is 5.91 Å². The van der Waals surface area contributed by atoms with Gasteiger partial charge < -0.3 is 20.5 Å². The number of para-hydroxylation sites is 1. The summed E-state index contributed by atoms with van der Waals surface area (Å²) in [6, 6.07) is 37.1. The van der Waals surface area contributed by atoms with Gasteiger partial charge in [0.25, 0.3) is 11.8 Å². The van der Waals surface area contributed by atoms with Gasteiger partial charge in [0.1, 0.15) is 5.70 Å². The minimum atomic E-state index is -0.506. The van der Waals surface area contributed by atoms with Gasteiger partial charge in [-0.15, -0.1) is 11.8 Å². The Morgan fingerprint density at radius 2 is 1.49 bits per heavy atom. The van der Waals surface area contributed by atoms with Crippen LogP contribution in [0.2, 0.25) is 5.02 Å². The number of aryl methyl sites for hydroxylation is 1. The van der Waals surface area contributed by atoms with Gasteiger partial charge in [0.15, 0.2) is 0 Å². The highest BCUT2D eigenvalue weighted by Crippen LogP contribution is 2.31. The predicted octanol–water partition coefficient (Wildman–Crippen LogP) is 8.61. The second-order valence-corrected chi connectivity index (χ2v) is 12.2. The van der Waals surface area contributed by atoms with E-state index in [0.717, 1.165) is 33.4 Å². The van der Waals surface area contributed by atoms with Crippen LogP contribution in [0.15, 0.2) is 132 Å². The van der Waals surface area contributed by atoms with E-state index in [1.54, 1.807) is 72.8 Å². The van der Waals surface area contributed by atoms with Crippen molar-refractivity contribution in [3.05, 3.63) is 143 Å². The molecule has 0 spiro atoms. The number of amides is 3. The summed E-state index contributed by atoms with van der Waals surface area (Å²) in [7, 11) is 0. The lowest BCUT2D eigenvalue weighted by molar-refractivity contribution is -0.114. The highest BCUT2D eigenvalue weighted by Gasteiger charge is 2.16. The van der Waals surface area contributed by atoms with Crippen molar-refractivity contribution in [3.8, 4) is 0 Å². The number of nitrogens with zero attached hydrogens (tertiary/aromatic N) is 1. The minimum absolute atomic E-state index is 0.0533. The summed E-state index contributed by atoms with van der Waals surface area (Å²) in [4.78, 5) is 40.1. The van der Waals surface area contributed by atoms with Crippen molar-refractivity contribution in [3.63, 3.8) is 0 Å². The third-order valence-electron chi connectivity index (χ3n) is 7.52. The molecule has 3 N–H and O–H groups in total. The first-order valence-corrected chi connectivity index (χ1v) is 16.4. The van der Waals surface area contributed by atoms with E-state index in [0.29, 0.717) is 21.8 Å². The minimum Gasteiger partial charge on any atom is -0.341 e. The summed E-state index contributed by atoms with van der Waals surface area (Å²) >= 11 is 7.51. The van der Waals surface area contributed by atoms with E-state index in [9.17, 15) is 14.4 Å². The van der Waals surface area contributed by atoms with Gasteiger partial charge in [-0.05, 0) is 85.3 Å². The summed E-state index contributed by atoms with van der Waals surface area (Å²) in [5.41, 5.74) is 4.68. The zero-order valence-electron chi connectivity index (χ0n) is 25.5. The summed E-state index contributed by atoms with van der Waals surface area (Å²) < 4.78 is 2.27. The van der Waals surface area contributed by atoms with E-state index >= 15 is 0 Å². The highest BCUT2D eigenvalue weighted by atomic mass is 35.5. The predicted molar refractivity (Wildman–Crippen MR) is 193 cm³/mol. The molecule has 1 aromatic heterocycles.